The SMILES string of the molecule is COc1cccc(CN(C(=O)CCc2ccc(C)cc2)[C@@H](Cc2ccccc2)C(=O)NC2CCCC2)c1. The average Bonchev–Trinajstić information content (AvgIpc) is 3.44. The highest BCUT2D eigenvalue weighted by Gasteiger charge is 2.32. The number of aryl methyl sites for hydroxylation is 2. The second-order valence-electron chi connectivity index (χ2n) is 10.1. The van der Waals surface area contributed by atoms with Crippen molar-refractivity contribution in [2.45, 2.75) is 70.5 Å². The van der Waals surface area contributed by atoms with E-state index in [9.17, 15) is 9.59 Å². The second-order valence-corrected chi connectivity index (χ2v) is 10.1. The van der Waals surface area contributed by atoms with Crippen molar-refractivity contribution in [2.24, 2.45) is 0 Å². The van der Waals surface area contributed by atoms with Crippen LogP contribution >= 0.6 is 0 Å². The Morgan fingerprint density at radius 2 is 1.62 bits per heavy atom. The summed E-state index contributed by atoms with van der Waals surface area (Å²) in [5, 5.41) is 3.27. The molecule has 3 aromatic rings. The first-order valence-corrected chi connectivity index (χ1v) is 13.3. The van der Waals surface area contributed by atoms with E-state index in [2.05, 4.69) is 36.5 Å². The quantitative estimate of drug-likeness (QED) is 0.372. The number of methoxy groups -OCH3 is 1. The van der Waals surface area contributed by atoms with Crippen molar-refractivity contribution < 1.29 is 14.3 Å². The lowest BCUT2D eigenvalue weighted by Crippen LogP contribution is -2.52. The number of nitrogens with one attached hydrogen (secondary N) is 1. The fourth-order valence-electron chi connectivity index (χ4n) is 5.04. The number of nitrogens with zero attached hydrogens (tertiary/aromatic N) is 1. The Morgan fingerprint density at radius 1 is 0.919 bits per heavy atom. The molecule has 37 heavy (non-hydrogen) atoms. The maximum atomic E-state index is 13.8. The third kappa shape index (κ3) is 7.69. The first-order valence-electron chi connectivity index (χ1n) is 13.3. The van der Waals surface area contributed by atoms with Gasteiger partial charge in [-0.15, -0.1) is 0 Å². The zero-order chi connectivity index (χ0) is 26.0. The summed E-state index contributed by atoms with van der Waals surface area (Å²) >= 11 is 0. The normalized spacial score (nSPS) is 14.2. The molecule has 5 heteroatoms. The highest BCUT2D eigenvalue weighted by Crippen LogP contribution is 2.22. The minimum atomic E-state index is -0.597. The maximum absolute atomic E-state index is 13.8. The van der Waals surface area contributed by atoms with Crippen molar-refractivity contribution in [3.63, 3.8) is 0 Å². The van der Waals surface area contributed by atoms with Crippen molar-refractivity contribution >= 4 is 11.8 Å². The minimum absolute atomic E-state index is 0.0223. The highest BCUT2D eigenvalue weighted by molar-refractivity contribution is 5.88. The molecule has 1 aliphatic carbocycles. The molecule has 1 fully saturated rings. The zero-order valence-electron chi connectivity index (χ0n) is 22.0. The molecule has 0 aromatic heterocycles. The van der Waals surface area contributed by atoms with E-state index in [0.717, 1.165) is 48.1 Å². The summed E-state index contributed by atoms with van der Waals surface area (Å²) in [6.45, 7) is 2.40. The van der Waals surface area contributed by atoms with Crippen molar-refractivity contribution in [1.29, 1.82) is 0 Å². The number of benzene rings is 3. The van der Waals surface area contributed by atoms with E-state index in [1.165, 1.54) is 5.56 Å². The Labute approximate surface area is 220 Å². The van der Waals surface area contributed by atoms with Crippen molar-refractivity contribution in [2.75, 3.05) is 7.11 Å². The van der Waals surface area contributed by atoms with Gasteiger partial charge in [0.1, 0.15) is 11.8 Å². The summed E-state index contributed by atoms with van der Waals surface area (Å²) in [6.07, 6.45) is 5.72. The largest absolute Gasteiger partial charge is 0.497 e. The van der Waals surface area contributed by atoms with E-state index in [-0.39, 0.29) is 17.9 Å². The molecule has 0 spiro atoms. The number of amides is 2. The number of rotatable bonds is 11. The van der Waals surface area contributed by atoms with Gasteiger partial charge in [0.15, 0.2) is 0 Å². The van der Waals surface area contributed by atoms with Gasteiger partial charge in [-0.1, -0.05) is 85.1 Å². The molecule has 0 heterocycles. The summed E-state index contributed by atoms with van der Waals surface area (Å²) in [4.78, 5) is 29.4. The maximum Gasteiger partial charge on any atom is 0.243 e. The van der Waals surface area contributed by atoms with E-state index in [0.29, 0.717) is 25.8 Å². The summed E-state index contributed by atoms with van der Waals surface area (Å²) in [5.41, 5.74) is 4.29. The molecule has 1 aliphatic rings. The lowest BCUT2D eigenvalue weighted by molar-refractivity contribution is -0.141. The third-order valence-electron chi connectivity index (χ3n) is 7.21. The van der Waals surface area contributed by atoms with Crippen LogP contribution in [0.3, 0.4) is 0 Å². The monoisotopic (exact) mass is 498 g/mol. The zero-order valence-corrected chi connectivity index (χ0v) is 22.0. The van der Waals surface area contributed by atoms with Crippen LogP contribution in [0.4, 0.5) is 0 Å². The second kappa shape index (κ2) is 13.1. The Kier molecular flexibility index (Phi) is 9.36. The minimum Gasteiger partial charge on any atom is -0.497 e. The number of ether oxygens (including phenoxy) is 1. The van der Waals surface area contributed by atoms with Crippen LogP contribution in [0.1, 0.15) is 54.4 Å². The molecular weight excluding hydrogens is 460 g/mol. The average molecular weight is 499 g/mol. The number of carbonyl (C=O) groups is 2. The van der Waals surface area contributed by atoms with Gasteiger partial charge in [0.2, 0.25) is 11.8 Å². The van der Waals surface area contributed by atoms with Crippen molar-refractivity contribution in [3.05, 3.63) is 101 Å². The van der Waals surface area contributed by atoms with E-state index in [4.69, 9.17) is 4.74 Å². The first kappa shape index (κ1) is 26.5. The van der Waals surface area contributed by atoms with Crippen LogP contribution in [0.5, 0.6) is 5.75 Å². The molecule has 0 unspecified atom stereocenters. The molecular formula is C32H38N2O3. The van der Waals surface area contributed by atoms with E-state index >= 15 is 0 Å². The van der Waals surface area contributed by atoms with Crippen LogP contribution in [0.25, 0.3) is 0 Å². The molecule has 0 bridgehead atoms. The number of hydrogen-bond acceptors (Lipinski definition) is 3. The van der Waals surface area contributed by atoms with Crippen LogP contribution in [0, 0.1) is 6.92 Å². The van der Waals surface area contributed by atoms with Gasteiger partial charge < -0.3 is 15.0 Å². The summed E-state index contributed by atoms with van der Waals surface area (Å²) in [6, 6.07) is 25.6. The molecule has 0 aliphatic heterocycles. The Balaban J connectivity index is 1.61. The van der Waals surface area contributed by atoms with Gasteiger partial charge in [0.25, 0.3) is 0 Å². The molecule has 1 N–H and O–H groups in total. The van der Waals surface area contributed by atoms with Crippen LogP contribution in [-0.2, 0) is 29.0 Å². The first-order chi connectivity index (χ1) is 18.0. The van der Waals surface area contributed by atoms with Gasteiger partial charge in [0.05, 0.1) is 7.11 Å². The van der Waals surface area contributed by atoms with Gasteiger partial charge in [-0.3, -0.25) is 9.59 Å². The summed E-state index contributed by atoms with van der Waals surface area (Å²) < 4.78 is 5.42. The Bertz CT molecular complexity index is 1150. The van der Waals surface area contributed by atoms with E-state index < -0.39 is 6.04 Å². The van der Waals surface area contributed by atoms with Gasteiger partial charge >= 0.3 is 0 Å². The van der Waals surface area contributed by atoms with Crippen LogP contribution in [-0.4, -0.2) is 35.9 Å². The van der Waals surface area contributed by atoms with Gasteiger partial charge in [-0.05, 0) is 55.0 Å². The molecule has 3 aromatic carbocycles. The topological polar surface area (TPSA) is 58.6 Å². The van der Waals surface area contributed by atoms with E-state index in [1.54, 1.807) is 12.0 Å². The fourth-order valence-corrected chi connectivity index (χ4v) is 5.04. The predicted molar refractivity (Wildman–Crippen MR) is 147 cm³/mol. The van der Waals surface area contributed by atoms with Gasteiger partial charge in [-0.25, -0.2) is 0 Å². The van der Waals surface area contributed by atoms with Gasteiger partial charge in [0, 0.05) is 25.4 Å². The molecule has 1 atom stereocenters. The molecule has 2 amide bonds. The molecule has 0 saturated heterocycles. The van der Waals surface area contributed by atoms with E-state index in [1.807, 2.05) is 54.6 Å². The Morgan fingerprint density at radius 3 is 2.32 bits per heavy atom. The highest BCUT2D eigenvalue weighted by atomic mass is 16.5. The summed E-state index contributed by atoms with van der Waals surface area (Å²) in [7, 11) is 1.64. The third-order valence-corrected chi connectivity index (χ3v) is 7.21. The lowest BCUT2D eigenvalue weighted by Gasteiger charge is -2.32. The van der Waals surface area contributed by atoms with Crippen molar-refractivity contribution in [1.82, 2.24) is 10.2 Å². The molecule has 4 rings (SSSR count). The molecule has 0 radical (unpaired) electrons. The van der Waals surface area contributed by atoms with Gasteiger partial charge in [-0.2, -0.15) is 0 Å². The number of carbonyl (C=O) groups excluding carboxylic acids is 2. The Hall–Kier alpha value is -3.60. The lowest BCUT2D eigenvalue weighted by atomic mass is 10.0. The van der Waals surface area contributed by atoms with Crippen LogP contribution in [0.2, 0.25) is 0 Å². The number of hydrogen-bond donors (Lipinski definition) is 1. The van der Waals surface area contributed by atoms with Crippen LogP contribution in [0.15, 0.2) is 78.9 Å². The van der Waals surface area contributed by atoms with Crippen molar-refractivity contribution in [3.8, 4) is 5.75 Å². The predicted octanol–water partition coefficient (Wildman–Crippen LogP) is 5.64. The smallest absolute Gasteiger partial charge is 0.243 e. The molecule has 5 nitrogen and oxygen atoms in total. The van der Waals surface area contributed by atoms with Crippen LogP contribution < -0.4 is 10.1 Å². The standard InChI is InChI=1S/C32H38N2O3/c1-24-15-17-25(18-16-24)19-20-31(35)34(23-27-11-8-14-29(21-27)37-2)30(22-26-9-4-3-5-10-26)32(36)33-28-12-6-7-13-28/h3-5,8-11,14-18,21,28,30H,6-7,12-13,19-20,22-23H2,1-2H3,(H,33,36)/t30-/m0/s1. The summed E-state index contributed by atoms with van der Waals surface area (Å²) in [5.74, 6) is 0.646. The fraction of sp³-hybridized carbons (Fsp3) is 0.375. The molecule has 1 saturated carbocycles. The molecule has 194 valence electrons.